The van der Waals surface area contributed by atoms with Crippen LogP contribution in [0.5, 0.6) is 0 Å². The van der Waals surface area contributed by atoms with Gasteiger partial charge in [-0.2, -0.15) is 0 Å². The van der Waals surface area contributed by atoms with Gasteiger partial charge in [0.1, 0.15) is 0 Å². The largest absolute Gasteiger partial charge is 0.398 e. The molecule has 5 heteroatoms. The van der Waals surface area contributed by atoms with Crippen LogP contribution in [0.3, 0.4) is 0 Å². The third-order valence-corrected chi connectivity index (χ3v) is 3.96. The number of nitrogen functional groups attached to an aromatic ring is 1. The molecule has 0 aliphatic heterocycles. The maximum absolute atomic E-state index is 12.7. The van der Waals surface area contributed by atoms with Crippen molar-refractivity contribution in [1.29, 1.82) is 0 Å². The van der Waals surface area contributed by atoms with Gasteiger partial charge in [-0.15, -0.1) is 0 Å². The van der Waals surface area contributed by atoms with E-state index in [0.29, 0.717) is 11.3 Å². The van der Waals surface area contributed by atoms with Gasteiger partial charge in [-0.3, -0.25) is 9.59 Å². The summed E-state index contributed by atoms with van der Waals surface area (Å²) in [6.07, 6.45) is 4.03. The van der Waals surface area contributed by atoms with E-state index >= 15 is 0 Å². The minimum Gasteiger partial charge on any atom is -0.398 e. The second-order valence-electron chi connectivity index (χ2n) is 5.36. The molecule has 0 radical (unpaired) electrons. The Bertz CT molecular complexity index is 522. The van der Waals surface area contributed by atoms with Crippen LogP contribution in [0.15, 0.2) is 18.2 Å². The number of carbonyl (C=O) groups excluding carboxylic acids is 2. The summed E-state index contributed by atoms with van der Waals surface area (Å²) in [4.78, 5) is 25.6. The van der Waals surface area contributed by atoms with E-state index in [0.717, 1.165) is 31.2 Å². The fourth-order valence-electron chi connectivity index (χ4n) is 2.79. The van der Waals surface area contributed by atoms with Crippen molar-refractivity contribution in [3.63, 3.8) is 0 Å². The lowest BCUT2D eigenvalue weighted by Crippen LogP contribution is -2.44. The lowest BCUT2D eigenvalue weighted by molar-refractivity contribution is -0.119. The molecule has 1 aliphatic rings. The van der Waals surface area contributed by atoms with Gasteiger partial charge in [0.25, 0.3) is 5.91 Å². The lowest BCUT2D eigenvalue weighted by atomic mass is 10.0. The lowest BCUT2D eigenvalue weighted by Gasteiger charge is -2.28. The molecular formula is C15H21N3O2. The van der Waals surface area contributed by atoms with Gasteiger partial charge in [-0.05, 0) is 37.5 Å². The van der Waals surface area contributed by atoms with E-state index < -0.39 is 5.91 Å². The van der Waals surface area contributed by atoms with Crippen LogP contribution in [0.25, 0.3) is 0 Å². The van der Waals surface area contributed by atoms with Crippen molar-refractivity contribution in [3.8, 4) is 0 Å². The number of anilines is 1. The number of primary amides is 1. The van der Waals surface area contributed by atoms with Crippen LogP contribution >= 0.6 is 0 Å². The fourth-order valence-corrected chi connectivity index (χ4v) is 2.79. The van der Waals surface area contributed by atoms with Gasteiger partial charge in [-0.25, -0.2) is 0 Å². The molecule has 0 spiro atoms. The van der Waals surface area contributed by atoms with E-state index in [4.69, 9.17) is 11.5 Å². The Hall–Kier alpha value is -2.04. The van der Waals surface area contributed by atoms with Crippen molar-refractivity contribution < 1.29 is 9.59 Å². The summed E-state index contributed by atoms with van der Waals surface area (Å²) in [7, 11) is 0. The molecule has 0 heterocycles. The molecule has 1 aromatic carbocycles. The molecule has 20 heavy (non-hydrogen) atoms. The third kappa shape index (κ3) is 2.92. The Kier molecular flexibility index (Phi) is 4.27. The number of hydrogen-bond acceptors (Lipinski definition) is 3. The standard InChI is InChI=1S/C15H21N3O2/c1-10-12(7-4-8-13(10)16)15(20)18(9-14(17)19)11-5-2-3-6-11/h4,7-8,11H,2-3,5-6,9,16H2,1H3,(H2,17,19). The van der Waals surface area contributed by atoms with Crippen molar-refractivity contribution in [2.45, 2.75) is 38.6 Å². The molecule has 1 aromatic rings. The number of hydrogen-bond donors (Lipinski definition) is 2. The minimum atomic E-state index is -0.480. The average molecular weight is 275 g/mol. The van der Waals surface area contributed by atoms with Crippen LogP contribution in [-0.2, 0) is 4.79 Å². The number of nitrogens with zero attached hydrogens (tertiary/aromatic N) is 1. The molecule has 1 fully saturated rings. The SMILES string of the molecule is Cc1c(N)cccc1C(=O)N(CC(N)=O)C1CCCC1. The Balaban J connectivity index is 2.29. The molecule has 2 rings (SSSR count). The van der Waals surface area contributed by atoms with E-state index in [2.05, 4.69) is 0 Å². The Morgan fingerprint density at radius 1 is 1.30 bits per heavy atom. The summed E-state index contributed by atoms with van der Waals surface area (Å²) in [6.45, 7) is 1.79. The van der Waals surface area contributed by atoms with Crippen LogP contribution < -0.4 is 11.5 Å². The summed E-state index contributed by atoms with van der Waals surface area (Å²) in [5.74, 6) is -0.632. The number of benzene rings is 1. The first-order valence-electron chi connectivity index (χ1n) is 6.95. The van der Waals surface area contributed by atoms with Crippen LogP contribution in [0.4, 0.5) is 5.69 Å². The topological polar surface area (TPSA) is 89.4 Å². The first-order valence-corrected chi connectivity index (χ1v) is 6.95. The molecule has 108 valence electrons. The first-order chi connectivity index (χ1) is 9.50. The number of carbonyl (C=O) groups is 2. The van der Waals surface area contributed by atoms with E-state index in [1.54, 1.807) is 23.1 Å². The molecule has 2 amide bonds. The predicted octanol–water partition coefficient (Wildman–Crippen LogP) is 1.45. The number of amides is 2. The number of nitrogens with two attached hydrogens (primary N) is 2. The van der Waals surface area contributed by atoms with E-state index in [-0.39, 0.29) is 18.5 Å². The van der Waals surface area contributed by atoms with Crippen molar-refractivity contribution in [2.24, 2.45) is 5.73 Å². The molecule has 1 aliphatic carbocycles. The normalized spacial score (nSPS) is 15.2. The smallest absolute Gasteiger partial charge is 0.254 e. The Labute approximate surface area is 118 Å². The van der Waals surface area contributed by atoms with Crippen LogP contribution in [0.1, 0.15) is 41.6 Å². The monoisotopic (exact) mass is 275 g/mol. The molecule has 0 saturated heterocycles. The third-order valence-electron chi connectivity index (χ3n) is 3.96. The van der Waals surface area contributed by atoms with Crippen molar-refractivity contribution in [2.75, 3.05) is 12.3 Å². The fraction of sp³-hybridized carbons (Fsp3) is 0.467. The maximum atomic E-state index is 12.7. The summed E-state index contributed by atoms with van der Waals surface area (Å²) in [6, 6.07) is 5.37. The summed E-state index contributed by atoms with van der Waals surface area (Å²) in [5, 5.41) is 0. The van der Waals surface area contributed by atoms with Crippen LogP contribution in [0, 0.1) is 6.92 Å². The zero-order chi connectivity index (χ0) is 14.7. The van der Waals surface area contributed by atoms with Crippen LogP contribution in [-0.4, -0.2) is 29.3 Å². The molecule has 5 nitrogen and oxygen atoms in total. The van der Waals surface area contributed by atoms with E-state index in [1.165, 1.54) is 0 Å². The van der Waals surface area contributed by atoms with Gasteiger partial charge >= 0.3 is 0 Å². The van der Waals surface area contributed by atoms with Crippen molar-refractivity contribution >= 4 is 17.5 Å². The Morgan fingerprint density at radius 2 is 1.95 bits per heavy atom. The second kappa shape index (κ2) is 5.94. The molecule has 0 atom stereocenters. The van der Waals surface area contributed by atoms with Gasteiger partial charge in [0.05, 0.1) is 6.54 Å². The molecule has 0 bridgehead atoms. The van der Waals surface area contributed by atoms with Gasteiger partial charge in [0.15, 0.2) is 0 Å². The van der Waals surface area contributed by atoms with Gasteiger partial charge in [0.2, 0.25) is 5.91 Å². The summed E-state index contributed by atoms with van der Waals surface area (Å²) < 4.78 is 0. The highest BCUT2D eigenvalue weighted by Crippen LogP contribution is 2.26. The quantitative estimate of drug-likeness (QED) is 0.815. The maximum Gasteiger partial charge on any atom is 0.254 e. The second-order valence-corrected chi connectivity index (χ2v) is 5.36. The zero-order valence-corrected chi connectivity index (χ0v) is 11.8. The van der Waals surface area contributed by atoms with E-state index in [9.17, 15) is 9.59 Å². The minimum absolute atomic E-state index is 0.0300. The highest BCUT2D eigenvalue weighted by molar-refractivity contribution is 5.98. The molecule has 0 aromatic heterocycles. The van der Waals surface area contributed by atoms with Gasteiger partial charge < -0.3 is 16.4 Å². The summed E-state index contributed by atoms with van der Waals surface area (Å²) >= 11 is 0. The van der Waals surface area contributed by atoms with Crippen LogP contribution in [0.2, 0.25) is 0 Å². The predicted molar refractivity (Wildman–Crippen MR) is 78.1 cm³/mol. The van der Waals surface area contributed by atoms with Crippen molar-refractivity contribution in [3.05, 3.63) is 29.3 Å². The van der Waals surface area contributed by atoms with Gasteiger partial charge in [-0.1, -0.05) is 18.9 Å². The van der Waals surface area contributed by atoms with Gasteiger partial charge in [0, 0.05) is 17.3 Å². The number of rotatable bonds is 4. The highest BCUT2D eigenvalue weighted by atomic mass is 16.2. The Morgan fingerprint density at radius 3 is 2.55 bits per heavy atom. The summed E-state index contributed by atoms with van der Waals surface area (Å²) in [5.41, 5.74) is 13.0. The van der Waals surface area contributed by atoms with Crippen molar-refractivity contribution in [1.82, 2.24) is 4.90 Å². The molecular weight excluding hydrogens is 254 g/mol. The molecule has 0 unspecified atom stereocenters. The average Bonchev–Trinajstić information content (AvgIpc) is 2.92. The molecule has 1 saturated carbocycles. The first kappa shape index (κ1) is 14.4. The van der Waals surface area contributed by atoms with E-state index in [1.807, 2.05) is 6.92 Å². The molecule has 4 N–H and O–H groups in total. The highest BCUT2D eigenvalue weighted by Gasteiger charge is 2.29. The zero-order valence-electron chi connectivity index (χ0n) is 11.8.